The van der Waals surface area contributed by atoms with Gasteiger partial charge in [0.15, 0.2) is 0 Å². The molecule has 0 aliphatic carbocycles. The molecule has 0 radical (unpaired) electrons. The summed E-state index contributed by atoms with van der Waals surface area (Å²) in [5, 5.41) is 11.9. The molecule has 0 saturated carbocycles. The van der Waals surface area contributed by atoms with Gasteiger partial charge in [-0.2, -0.15) is 11.8 Å². The molecule has 2 N–H and O–H groups in total. The van der Waals surface area contributed by atoms with Gasteiger partial charge in [-0.15, -0.1) is 0 Å². The number of carboxylic acid groups (broad SMARTS) is 1. The van der Waals surface area contributed by atoms with Crippen molar-refractivity contribution in [3.05, 3.63) is 0 Å². The molecule has 1 unspecified atom stereocenters. The van der Waals surface area contributed by atoms with E-state index >= 15 is 0 Å². The summed E-state index contributed by atoms with van der Waals surface area (Å²) in [6.45, 7) is 4.12. The lowest BCUT2D eigenvalue weighted by molar-refractivity contribution is -0.141. The van der Waals surface area contributed by atoms with Gasteiger partial charge in [-0.3, -0.25) is 4.90 Å². The van der Waals surface area contributed by atoms with Crippen molar-refractivity contribution in [2.24, 2.45) is 0 Å². The number of aliphatic carboxylic acids is 1. The number of likely N-dealkylation sites (tertiary alicyclic amines) is 1. The molecule has 2 aliphatic rings. The molecule has 7 heteroatoms. The molecule has 2 amide bonds. The molecule has 0 spiro atoms. The van der Waals surface area contributed by atoms with Crippen LogP contribution in [0.3, 0.4) is 0 Å². The summed E-state index contributed by atoms with van der Waals surface area (Å²) in [7, 11) is 0. The molecule has 2 fully saturated rings. The van der Waals surface area contributed by atoms with Crippen molar-refractivity contribution < 1.29 is 14.7 Å². The number of rotatable bonds is 4. The second-order valence-corrected chi connectivity index (χ2v) is 6.10. The van der Waals surface area contributed by atoms with E-state index in [1.165, 1.54) is 4.90 Å². The predicted molar refractivity (Wildman–Crippen MR) is 74.5 cm³/mol. The van der Waals surface area contributed by atoms with E-state index in [4.69, 9.17) is 5.11 Å². The second kappa shape index (κ2) is 7.00. The molecule has 108 valence electrons. The molecule has 2 heterocycles. The van der Waals surface area contributed by atoms with Crippen LogP contribution in [0.2, 0.25) is 0 Å². The monoisotopic (exact) mass is 287 g/mol. The second-order valence-electron chi connectivity index (χ2n) is 4.88. The van der Waals surface area contributed by atoms with Crippen LogP contribution in [-0.4, -0.2) is 77.2 Å². The van der Waals surface area contributed by atoms with Gasteiger partial charge >= 0.3 is 12.0 Å². The molecular weight excluding hydrogens is 266 g/mol. The minimum absolute atomic E-state index is 0.240. The first-order chi connectivity index (χ1) is 9.18. The first kappa shape index (κ1) is 14.5. The maximum atomic E-state index is 11.9. The number of hydrogen-bond donors (Lipinski definition) is 2. The number of carboxylic acids is 1. The van der Waals surface area contributed by atoms with Crippen molar-refractivity contribution in [2.75, 3.05) is 44.2 Å². The lowest BCUT2D eigenvalue weighted by Gasteiger charge is -2.27. The Labute approximate surface area is 117 Å². The van der Waals surface area contributed by atoms with Gasteiger partial charge in [-0.25, -0.2) is 9.59 Å². The molecule has 19 heavy (non-hydrogen) atoms. The summed E-state index contributed by atoms with van der Waals surface area (Å²) in [6, 6.07) is -0.886. The predicted octanol–water partition coefficient (Wildman–Crippen LogP) is 0.294. The Bertz CT molecular complexity index is 334. The van der Waals surface area contributed by atoms with Crippen LogP contribution in [0, 0.1) is 0 Å². The van der Waals surface area contributed by atoms with Crippen LogP contribution in [0.1, 0.15) is 12.8 Å². The standard InChI is InChI=1S/C12H21N3O3S/c16-11(17)10-2-1-4-15(10)12(18)13-3-5-14-6-8-19-9-7-14/h10H,1-9H2,(H,13,18)(H,16,17). The molecule has 0 aromatic rings. The zero-order chi connectivity index (χ0) is 13.7. The average molecular weight is 287 g/mol. The van der Waals surface area contributed by atoms with Gasteiger partial charge in [0.1, 0.15) is 6.04 Å². The molecule has 2 rings (SSSR count). The third-order valence-electron chi connectivity index (χ3n) is 3.61. The number of hydrogen-bond acceptors (Lipinski definition) is 4. The molecular formula is C12H21N3O3S. The minimum atomic E-state index is -0.902. The summed E-state index contributed by atoms with van der Waals surface area (Å²) in [6.07, 6.45) is 1.33. The van der Waals surface area contributed by atoms with Crippen LogP contribution in [0.4, 0.5) is 4.79 Å². The van der Waals surface area contributed by atoms with Crippen molar-refractivity contribution in [1.82, 2.24) is 15.1 Å². The first-order valence-corrected chi connectivity index (χ1v) is 7.91. The number of carbonyl (C=O) groups is 2. The number of urea groups is 1. The van der Waals surface area contributed by atoms with E-state index in [1.807, 2.05) is 11.8 Å². The fraction of sp³-hybridized carbons (Fsp3) is 0.833. The Morgan fingerprint density at radius 1 is 1.26 bits per heavy atom. The van der Waals surface area contributed by atoms with Crippen LogP contribution in [0.15, 0.2) is 0 Å². The van der Waals surface area contributed by atoms with Crippen LogP contribution in [0.25, 0.3) is 0 Å². The number of nitrogens with zero attached hydrogens (tertiary/aromatic N) is 2. The van der Waals surface area contributed by atoms with E-state index in [1.54, 1.807) is 0 Å². The molecule has 0 aromatic heterocycles. The summed E-state index contributed by atoms with van der Waals surface area (Å²) < 4.78 is 0. The molecule has 1 atom stereocenters. The summed E-state index contributed by atoms with van der Waals surface area (Å²) in [4.78, 5) is 26.7. The lowest BCUT2D eigenvalue weighted by atomic mass is 10.2. The lowest BCUT2D eigenvalue weighted by Crippen LogP contribution is -2.48. The highest BCUT2D eigenvalue weighted by molar-refractivity contribution is 7.99. The summed E-state index contributed by atoms with van der Waals surface area (Å²) >= 11 is 1.96. The number of amides is 2. The maximum absolute atomic E-state index is 11.9. The smallest absolute Gasteiger partial charge is 0.326 e. The molecule has 2 saturated heterocycles. The Morgan fingerprint density at radius 3 is 2.68 bits per heavy atom. The highest BCUT2D eigenvalue weighted by atomic mass is 32.2. The molecule has 0 aromatic carbocycles. The van der Waals surface area contributed by atoms with Gasteiger partial charge in [-0.05, 0) is 12.8 Å². The molecule has 2 aliphatic heterocycles. The van der Waals surface area contributed by atoms with E-state index in [-0.39, 0.29) is 6.03 Å². The fourth-order valence-electron chi connectivity index (χ4n) is 2.51. The largest absolute Gasteiger partial charge is 0.480 e. The highest BCUT2D eigenvalue weighted by Gasteiger charge is 2.33. The van der Waals surface area contributed by atoms with Crippen LogP contribution in [0.5, 0.6) is 0 Å². The van der Waals surface area contributed by atoms with Gasteiger partial charge in [0.25, 0.3) is 0 Å². The molecule has 0 bridgehead atoms. The Hall–Kier alpha value is -0.950. The van der Waals surface area contributed by atoms with E-state index < -0.39 is 12.0 Å². The zero-order valence-electron chi connectivity index (χ0n) is 11.0. The van der Waals surface area contributed by atoms with Crippen LogP contribution >= 0.6 is 11.8 Å². The normalized spacial score (nSPS) is 24.4. The highest BCUT2D eigenvalue weighted by Crippen LogP contribution is 2.17. The van der Waals surface area contributed by atoms with E-state index in [0.717, 1.165) is 37.6 Å². The van der Waals surface area contributed by atoms with Crippen LogP contribution in [-0.2, 0) is 4.79 Å². The van der Waals surface area contributed by atoms with E-state index in [9.17, 15) is 9.59 Å². The van der Waals surface area contributed by atoms with E-state index in [0.29, 0.717) is 19.5 Å². The minimum Gasteiger partial charge on any atom is -0.480 e. The Balaban J connectivity index is 1.70. The third kappa shape index (κ3) is 4.01. The quantitative estimate of drug-likeness (QED) is 0.778. The van der Waals surface area contributed by atoms with E-state index in [2.05, 4.69) is 10.2 Å². The number of carbonyl (C=O) groups excluding carboxylic acids is 1. The van der Waals surface area contributed by atoms with Crippen molar-refractivity contribution in [1.29, 1.82) is 0 Å². The number of thioether (sulfide) groups is 1. The van der Waals surface area contributed by atoms with Crippen molar-refractivity contribution >= 4 is 23.8 Å². The van der Waals surface area contributed by atoms with Gasteiger partial charge in [0.2, 0.25) is 0 Å². The topological polar surface area (TPSA) is 72.9 Å². The van der Waals surface area contributed by atoms with Gasteiger partial charge in [0.05, 0.1) is 0 Å². The number of nitrogens with one attached hydrogen (secondary N) is 1. The van der Waals surface area contributed by atoms with Crippen LogP contribution < -0.4 is 5.32 Å². The average Bonchev–Trinajstić information content (AvgIpc) is 2.89. The maximum Gasteiger partial charge on any atom is 0.326 e. The fourth-order valence-corrected chi connectivity index (χ4v) is 3.49. The third-order valence-corrected chi connectivity index (χ3v) is 4.55. The van der Waals surface area contributed by atoms with Crippen molar-refractivity contribution in [3.63, 3.8) is 0 Å². The van der Waals surface area contributed by atoms with Gasteiger partial charge in [-0.1, -0.05) is 0 Å². The van der Waals surface area contributed by atoms with Crippen molar-refractivity contribution in [3.8, 4) is 0 Å². The SMILES string of the molecule is O=C(O)C1CCCN1C(=O)NCCN1CCSCC1. The van der Waals surface area contributed by atoms with Gasteiger partial charge < -0.3 is 15.3 Å². The Morgan fingerprint density at radius 2 is 2.00 bits per heavy atom. The Kier molecular flexibility index (Phi) is 5.33. The summed E-state index contributed by atoms with van der Waals surface area (Å²) in [5.41, 5.74) is 0. The zero-order valence-corrected chi connectivity index (χ0v) is 11.8. The molecule has 6 nitrogen and oxygen atoms in total. The summed E-state index contributed by atoms with van der Waals surface area (Å²) in [5.74, 6) is 1.41. The van der Waals surface area contributed by atoms with Crippen molar-refractivity contribution in [2.45, 2.75) is 18.9 Å². The first-order valence-electron chi connectivity index (χ1n) is 6.76. The van der Waals surface area contributed by atoms with Gasteiger partial charge in [0, 0.05) is 44.2 Å².